The second-order valence-electron chi connectivity index (χ2n) is 6.86. The van der Waals surface area contributed by atoms with Gasteiger partial charge in [0.05, 0.1) is 7.11 Å². The molecule has 3 nitrogen and oxygen atoms in total. The molecule has 0 amide bonds. The highest BCUT2D eigenvalue weighted by Gasteiger charge is 2.30. The molecular weight excluding hydrogens is 300 g/mol. The highest BCUT2D eigenvalue weighted by Crippen LogP contribution is 2.39. The molecule has 0 spiro atoms. The minimum absolute atomic E-state index is 0.0322. The minimum Gasteiger partial charge on any atom is -0.466 e. The van der Waals surface area contributed by atoms with Crippen molar-refractivity contribution in [1.29, 1.82) is 0 Å². The largest absolute Gasteiger partial charge is 0.466 e. The maximum atomic E-state index is 11.9. The van der Waals surface area contributed by atoms with Crippen molar-refractivity contribution in [2.45, 2.75) is 47.5 Å². The van der Waals surface area contributed by atoms with E-state index >= 15 is 0 Å². The number of carbonyl (C=O) groups is 2. The van der Waals surface area contributed by atoms with Gasteiger partial charge in [-0.15, -0.1) is 0 Å². The molecule has 0 atom stereocenters. The van der Waals surface area contributed by atoms with Crippen molar-refractivity contribution in [1.82, 2.24) is 0 Å². The van der Waals surface area contributed by atoms with Crippen LogP contribution in [0.25, 0.3) is 0 Å². The van der Waals surface area contributed by atoms with E-state index in [0.717, 1.165) is 28.7 Å². The maximum absolute atomic E-state index is 11.9. The Hall–Kier alpha value is -2.16. The molecule has 24 heavy (non-hydrogen) atoms. The first-order valence-corrected chi connectivity index (χ1v) is 8.21. The summed E-state index contributed by atoms with van der Waals surface area (Å²) < 4.78 is 4.58. The van der Waals surface area contributed by atoms with Crippen LogP contribution in [0.4, 0.5) is 0 Å². The van der Waals surface area contributed by atoms with E-state index in [2.05, 4.69) is 24.7 Å². The highest BCUT2D eigenvalue weighted by atomic mass is 16.5. The molecule has 0 heterocycles. The van der Waals surface area contributed by atoms with Gasteiger partial charge in [-0.3, -0.25) is 4.79 Å². The van der Waals surface area contributed by atoms with Crippen molar-refractivity contribution >= 4 is 11.8 Å². The number of esters is 1. The number of ketones is 1. The summed E-state index contributed by atoms with van der Waals surface area (Å²) in [4.78, 5) is 23.1. The Balaban J connectivity index is 2.86. The molecular formula is C21H28O3. The molecule has 0 saturated heterocycles. The Morgan fingerprint density at radius 2 is 1.83 bits per heavy atom. The van der Waals surface area contributed by atoms with Gasteiger partial charge in [0, 0.05) is 12.5 Å². The quantitative estimate of drug-likeness (QED) is 0.411. The predicted octanol–water partition coefficient (Wildman–Crippen LogP) is 4.87. The molecule has 130 valence electrons. The second kappa shape index (κ2) is 8.62. The van der Waals surface area contributed by atoms with Crippen LogP contribution in [-0.4, -0.2) is 18.9 Å². The van der Waals surface area contributed by atoms with Crippen molar-refractivity contribution in [2.24, 2.45) is 5.41 Å². The number of Topliss-reactive ketones (excluding diaryl/α,β-unsaturated/α-hetero) is 1. The van der Waals surface area contributed by atoms with Gasteiger partial charge in [0.15, 0.2) is 5.78 Å². The lowest BCUT2D eigenvalue weighted by molar-refractivity contribution is -0.134. The van der Waals surface area contributed by atoms with Crippen LogP contribution >= 0.6 is 0 Å². The van der Waals surface area contributed by atoms with Gasteiger partial charge in [-0.25, -0.2) is 4.79 Å². The van der Waals surface area contributed by atoms with E-state index in [9.17, 15) is 9.59 Å². The van der Waals surface area contributed by atoms with Gasteiger partial charge in [0.2, 0.25) is 0 Å². The normalized spacial score (nSPS) is 19.5. The third kappa shape index (κ3) is 5.80. The lowest BCUT2D eigenvalue weighted by Crippen LogP contribution is -2.24. The average Bonchev–Trinajstić information content (AvgIpc) is 2.51. The molecule has 0 saturated carbocycles. The summed E-state index contributed by atoms with van der Waals surface area (Å²) in [5.41, 5.74) is 3.93. The number of rotatable bonds is 5. The average molecular weight is 328 g/mol. The van der Waals surface area contributed by atoms with E-state index in [1.165, 1.54) is 13.2 Å². The van der Waals surface area contributed by atoms with Gasteiger partial charge in [-0.2, -0.15) is 0 Å². The predicted molar refractivity (Wildman–Crippen MR) is 98.5 cm³/mol. The molecule has 0 radical (unpaired) electrons. The van der Waals surface area contributed by atoms with Crippen LogP contribution in [0, 0.1) is 5.41 Å². The smallest absolute Gasteiger partial charge is 0.330 e. The molecule has 0 unspecified atom stereocenters. The van der Waals surface area contributed by atoms with Crippen LogP contribution in [0.15, 0.2) is 58.7 Å². The second-order valence-corrected chi connectivity index (χ2v) is 6.86. The van der Waals surface area contributed by atoms with Crippen molar-refractivity contribution in [3.63, 3.8) is 0 Å². The van der Waals surface area contributed by atoms with Crippen LogP contribution in [0.3, 0.4) is 0 Å². The van der Waals surface area contributed by atoms with Crippen LogP contribution in [0.1, 0.15) is 47.5 Å². The maximum Gasteiger partial charge on any atom is 0.330 e. The first-order chi connectivity index (χ1) is 11.2. The molecule has 0 aliphatic heterocycles. The first kappa shape index (κ1) is 19.9. The Bertz CT molecular complexity index is 653. The van der Waals surface area contributed by atoms with Crippen LogP contribution in [0.5, 0.6) is 0 Å². The number of hydrogen-bond acceptors (Lipinski definition) is 3. The fraction of sp³-hybridized carbons (Fsp3) is 0.429. The minimum atomic E-state index is -0.357. The first-order valence-electron chi connectivity index (χ1n) is 8.21. The highest BCUT2D eigenvalue weighted by molar-refractivity contribution is 5.97. The molecule has 0 aromatic heterocycles. The molecule has 1 aliphatic carbocycles. The molecule has 1 rings (SSSR count). The summed E-state index contributed by atoms with van der Waals surface area (Å²) in [5, 5.41) is 0. The molecule has 0 aromatic carbocycles. The van der Waals surface area contributed by atoms with E-state index < -0.39 is 0 Å². The zero-order chi connectivity index (χ0) is 18.3. The topological polar surface area (TPSA) is 43.4 Å². The van der Waals surface area contributed by atoms with Crippen molar-refractivity contribution in [3.05, 3.63) is 58.7 Å². The summed E-state index contributed by atoms with van der Waals surface area (Å²) in [5.74, 6) is -0.108. The van der Waals surface area contributed by atoms with Gasteiger partial charge in [0.1, 0.15) is 0 Å². The molecule has 0 fully saturated rings. The SMILES string of the molecule is COC(=O)C=C(C)/C=C/C=C(C)/C=C/C1=C(C)C(=O)CCC1(C)C. The van der Waals surface area contributed by atoms with E-state index in [-0.39, 0.29) is 17.2 Å². The Labute approximate surface area is 145 Å². The van der Waals surface area contributed by atoms with E-state index in [4.69, 9.17) is 0 Å². The molecule has 0 aromatic rings. The molecule has 0 N–H and O–H groups in total. The number of hydrogen-bond donors (Lipinski definition) is 0. The Kier molecular flexibility index (Phi) is 7.15. The molecule has 1 aliphatic rings. The van der Waals surface area contributed by atoms with Gasteiger partial charge in [-0.05, 0) is 49.3 Å². The molecule has 3 heteroatoms. The number of methoxy groups -OCH3 is 1. The third-order valence-corrected chi connectivity index (χ3v) is 4.31. The number of carbonyl (C=O) groups excluding carboxylic acids is 2. The lowest BCUT2D eigenvalue weighted by atomic mass is 9.72. The fourth-order valence-electron chi connectivity index (χ4n) is 2.67. The fourth-order valence-corrected chi connectivity index (χ4v) is 2.67. The van der Waals surface area contributed by atoms with Crippen LogP contribution < -0.4 is 0 Å². The van der Waals surface area contributed by atoms with Gasteiger partial charge < -0.3 is 4.74 Å². The zero-order valence-electron chi connectivity index (χ0n) is 15.6. The standard InChI is InChI=1S/C21H28O3/c1-15(8-7-9-16(2)14-20(23)24-6)10-11-18-17(3)19(22)12-13-21(18,4)5/h7-11,14H,12-13H2,1-6H3/b9-7+,11-10+,15-8+,16-14?. The summed E-state index contributed by atoms with van der Waals surface area (Å²) in [6, 6.07) is 0. The van der Waals surface area contributed by atoms with E-state index in [1.54, 1.807) is 0 Å². The Morgan fingerprint density at radius 3 is 2.46 bits per heavy atom. The van der Waals surface area contributed by atoms with Gasteiger partial charge in [-0.1, -0.05) is 49.8 Å². The summed E-state index contributed by atoms with van der Waals surface area (Å²) in [6.07, 6.45) is 12.8. The van der Waals surface area contributed by atoms with Gasteiger partial charge in [0.25, 0.3) is 0 Å². The van der Waals surface area contributed by atoms with E-state index in [1.807, 2.05) is 45.1 Å². The zero-order valence-corrected chi connectivity index (χ0v) is 15.6. The lowest BCUT2D eigenvalue weighted by Gasteiger charge is -2.32. The van der Waals surface area contributed by atoms with Crippen LogP contribution in [0.2, 0.25) is 0 Å². The van der Waals surface area contributed by atoms with Crippen LogP contribution in [-0.2, 0) is 14.3 Å². The van der Waals surface area contributed by atoms with E-state index in [0.29, 0.717) is 6.42 Å². The monoisotopic (exact) mass is 328 g/mol. The van der Waals surface area contributed by atoms with Crippen molar-refractivity contribution < 1.29 is 14.3 Å². The molecule has 0 bridgehead atoms. The van der Waals surface area contributed by atoms with Gasteiger partial charge >= 0.3 is 5.97 Å². The van der Waals surface area contributed by atoms with Crippen molar-refractivity contribution in [2.75, 3.05) is 7.11 Å². The number of ether oxygens (including phenoxy) is 1. The Morgan fingerprint density at radius 1 is 1.17 bits per heavy atom. The third-order valence-electron chi connectivity index (χ3n) is 4.31. The van der Waals surface area contributed by atoms with Crippen molar-refractivity contribution in [3.8, 4) is 0 Å². The summed E-state index contributed by atoms with van der Waals surface area (Å²) >= 11 is 0. The number of allylic oxidation sites excluding steroid dienone is 9. The summed E-state index contributed by atoms with van der Waals surface area (Å²) in [7, 11) is 1.36. The summed E-state index contributed by atoms with van der Waals surface area (Å²) in [6.45, 7) is 10.1.